The highest BCUT2D eigenvalue weighted by molar-refractivity contribution is 9.11. The molecule has 0 aromatic heterocycles. The summed E-state index contributed by atoms with van der Waals surface area (Å²) >= 11 is 6.34. The highest BCUT2D eigenvalue weighted by Gasteiger charge is 2.16. The largest absolute Gasteiger partial charge is 0.318 e. The zero-order valence-corrected chi connectivity index (χ0v) is 13.5. The van der Waals surface area contributed by atoms with E-state index in [1.807, 2.05) is 13.0 Å². The Morgan fingerprint density at radius 1 is 1.20 bits per heavy atom. The minimum Gasteiger partial charge on any atom is -0.318 e. The third kappa shape index (κ3) is 3.07. The van der Waals surface area contributed by atoms with Gasteiger partial charge in [-0.25, -0.2) is 8.78 Å². The zero-order valence-electron chi connectivity index (χ0n) is 10.3. The number of halogens is 4. The lowest BCUT2D eigenvalue weighted by atomic mass is 10.1. The summed E-state index contributed by atoms with van der Waals surface area (Å²) in [6, 6.07) is 6.98. The second-order valence-corrected chi connectivity index (χ2v) is 5.78. The molecule has 0 saturated carbocycles. The molecule has 0 aliphatic heterocycles. The Bertz CT molecular complexity index is 666. The quantitative estimate of drug-likeness (QED) is 0.745. The SMILES string of the molecule is Cc1cccc(C(=O)Nc2c(F)cc(F)cc2Br)c1Br. The van der Waals surface area contributed by atoms with E-state index in [0.29, 0.717) is 16.1 Å². The van der Waals surface area contributed by atoms with Crippen LogP contribution in [-0.2, 0) is 0 Å². The second-order valence-electron chi connectivity index (χ2n) is 4.14. The number of amides is 1. The highest BCUT2D eigenvalue weighted by atomic mass is 79.9. The number of carbonyl (C=O) groups is 1. The van der Waals surface area contributed by atoms with Crippen LogP contribution < -0.4 is 5.32 Å². The van der Waals surface area contributed by atoms with Crippen molar-refractivity contribution in [3.63, 3.8) is 0 Å². The van der Waals surface area contributed by atoms with Crippen molar-refractivity contribution in [2.45, 2.75) is 6.92 Å². The lowest BCUT2D eigenvalue weighted by Gasteiger charge is -2.11. The maximum atomic E-state index is 13.7. The van der Waals surface area contributed by atoms with E-state index in [-0.39, 0.29) is 10.2 Å². The lowest BCUT2D eigenvalue weighted by molar-refractivity contribution is 0.102. The van der Waals surface area contributed by atoms with E-state index in [1.54, 1.807) is 12.1 Å². The van der Waals surface area contributed by atoms with Gasteiger partial charge >= 0.3 is 0 Å². The standard InChI is InChI=1S/C14H9Br2F2NO/c1-7-3-2-4-9(12(7)16)14(20)19-13-10(15)5-8(17)6-11(13)18/h2-6H,1H3,(H,19,20). The summed E-state index contributed by atoms with van der Waals surface area (Å²) in [5.41, 5.74) is 1.17. The molecule has 2 aromatic rings. The van der Waals surface area contributed by atoms with Crippen LogP contribution in [0.4, 0.5) is 14.5 Å². The average Bonchev–Trinajstić information content (AvgIpc) is 2.36. The molecule has 0 bridgehead atoms. The Morgan fingerprint density at radius 2 is 1.90 bits per heavy atom. The van der Waals surface area contributed by atoms with Gasteiger partial charge in [0.2, 0.25) is 0 Å². The molecular formula is C14H9Br2F2NO. The smallest absolute Gasteiger partial charge is 0.256 e. The van der Waals surface area contributed by atoms with Gasteiger partial charge in [0.25, 0.3) is 5.91 Å². The maximum Gasteiger partial charge on any atom is 0.256 e. The van der Waals surface area contributed by atoms with Gasteiger partial charge in [-0.1, -0.05) is 12.1 Å². The van der Waals surface area contributed by atoms with Gasteiger partial charge in [-0.2, -0.15) is 0 Å². The van der Waals surface area contributed by atoms with Crippen LogP contribution in [0.25, 0.3) is 0 Å². The van der Waals surface area contributed by atoms with Crippen molar-refractivity contribution in [1.29, 1.82) is 0 Å². The van der Waals surface area contributed by atoms with Crippen molar-refractivity contribution in [2.24, 2.45) is 0 Å². The predicted octanol–water partition coefficient (Wildman–Crippen LogP) is 5.05. The zero-order chi connectivity index (χ0) is 14.9. The molecular weight excluding hydrogens is 396 g/mol. The fraction of sp³-hybridized carbons (Fsp3) is 0.0714. The van der Waals surface area contributed by atoms with E-state index in [1.165, 1.54) is 0 Å². The Kier molecular flexibility index (Phi) is 4.55. The molecule has 0 aliphatic rings. The summed E-state index contributed by atoms with van der Waals surface area (Å²) < 4.78 is 27.4. The summed E-state index contributed by atoms with van der Waals surface area (Å²) in [5.74, 6) is -2.04. The average molecular weight is 405 g/mol. The first-order valence-corrected chi connectivity index (χ1v) is 7.19. The molecule has 0 unspecified atom stereocenters. The first-order chi connectivity index (χ1) is 9.40. The van der Waals surface area contributed by atoms with E-state index in [0.717, 1.165) is 11.6 Å². The van der Waals surface area contributed by atoms with Crippen LogP contribution in [0.5, 0.6) is 0 Å². The van der Waals surface area contributed by atoms with Gasteiger partial charge in [-0.15, -0.1) is 0 Å². The molecule has 0 spiro atoms. The normalized spacial score (nSPS) is 10.4. The number of aryl methyl sites for hydroxylation is 1. The lowest BCUT2D eigenvalue weighted by Crippen LogP contribution is -2.14. The third-order valence-corrected chi connectivity index (χ3v) is 4.36. The number of nitrogens with one attached hydrogen (secondary N) is 1. The van der Waals surface area contributed by atoms with Crippen LogP contribution in [0.2, 0.25) is 0 Å². The van der Waals surface area contributed by atoms with Gasteiger partial charge < -0.3 is 5.32 Å². The third-order valence-electron chi connectivity index (χ3n) is 2.68. The summed E-state index contributed by atoms with van der Waals surface area (Å²) in [5, 5.41) is 2.43. The number of hydrogen-bond acceptors (Lipinski definition) is 1. The predicted molar refractivity (Wildman–Crippen MR) is 80.9 cm³/mol. The van der Waals surface area contributed by atoms with Crippen LogP contribution in [0.1, 0.15) is 15.9 Å². The topological polar surface area (TPSA) is 29.1 Å². The van der Waals surface area contributed by atoms with Gasteiger partial charge in [-0.05, 0) is 56.5 Å². The van der Waals surface area contributed by atoms with Gasteiger partial charge in [0.15, 0.2) is 5.82 Å². The van der Waals surface area contributed by atoms with E-state index in [4.69, 9.17) is 0 Å². The summed E-state index contributed by atoms with van der Waals surface area (Å²) in [6.07, 6.45) is 0. The van der Waals surface area contributed by atoms with Crippen LogP contribution in [0.3, 0.4) is 0 Å². The number of benzene rings is 2. The number of carbonyl (C=O) groups excluding carboxylic acids is 1. The number of rotatable bonds is 2. The van der Waals surface area contributed by atoms with E-state index in [9.17, 15) is 13.6 Å². The van der Waals surface area contributed by atoms with Crippen molar-refractivity contribution in [1.82, 2.24) is 0 Å². The van der Waals surface area contributed by atoms with Crippen LogP contribution in [0, 0.1) is 18.6 Å². The molecule has 0 heterocycles. The molecule has 104 valence electrons. The Morgan fingerprint density at radius 3 is 2.55 bits per heavy atom. The van der Waals surface area contributed by atoms with Crippen molar-refractivity contribution < 1.29 is 13.6 Å². The Labute approximate surface area is 131 Å². The van der Waals surface area contributed by atoms with Crippen molar-refractivity contribution in [2.75, 3.05) is 5.32 Å². The molecule has 2 aromatic carbocycles. The van der Waals surface area contributed by atoms with Crippen molar-refractivity contribution in [3.8, 4) is 0 Å². The second kappa shape index (κ2) is 6.01. The molecule has 0 radical (unpaired) electrons. The molecule has 2 rings (SSSR count). The van der Waals surface area contributed by atoms with Gasteiger partial charge in [-0.3, -0.25) is 4.79 Å². The van der Waals surface area contributed by atoms with Crippen LogP contribution >= 0.6 is 31.9 Å². The molecule has 6 heteroatoms. The number of anilines is 1. The molecule has 0 fully saturated rings. The first-order valence-electron chi connectivity index (χ1n) is 5.61. The van der Waals surface area contributed by atoms with Crippen LogP contribution in [0.15, 0.2) is 39.3 Å². The van der Waals surface area contributed by atoms with Gasteiger partial charge in [0.1, 0.15) is 5.82 Å². The summed E-state index contributed by atoms with van der Waals surface area (Å²) in [6.45, 7) is 1.84. The highest BCUT2D eigenvalue weighted by Crippen LogP contribution is 2.28. The molecule has 0 saturated heterocycles. The van der Waals surface area contributed by atoms with Crippen molar-refractivity contribution in [3.05, 3.63) is 62.0 Å². The molecule has 20 heavy (non-hydrogen) atoms. The van der Waals surface area contributed by atoms with Gasteiger partial charge in [0, 0.05) is 15.0 Å². The molecule has 1 N–H and O–H groups in total. The molecule has 2 nitrogen and oxygen atoms in total. The Balaban J connectivity index is 2.36. The van der Waals surface area contributed by atoms with E-state index < -0.39 is 17.5 Å². The monoisotopic (exact) mass is 403 g/mol. The molecule has 1 amide bonds. The van der Waals surface area contributed by atoms with Crippen molar-refractivity contribution >= 4 is 43.5 Å². The van der Waals surface area contributed by atoms with Gasteiger partial charge in [0.05, 0.1) is 11.3 Å². The Hall–Kier alpha value is -1.27. The minimum atomic E-state index is -0.839. The van der Waals surface area contributed by atoms with Crippen LogP contribution in [-0.4, -0.2) is 5.91 Å². The van der Waals surface area contributed by atoms with E-state index in [2.05, 4.69) is 37.2 Å². The minimum absolute atomic E-state index is 0.0928. The fourth-order valence-corrected chi connectivity index (χ4v) is 2.62. The summed E-state index contributed by atoms with van der Waals surface area (Å²) in [7, 11) is 0. The fourth-order valence-electron chi connectivity index (χ4n) is 1.67. The molecule has 0 aliphatic carbocycles. The maximum absolute atomic E-state index is 13.7. The summed E-state index contributed by atoms with van der Waals surface area (Å²) in [4.78, 5) is 12.2. The number of hydrogen-bond donors (Lipinski definition) is 1. The first kappa shape index (κ1) is 15.1. The molecule has 0 atom stereocenters. The van der Waals surface area contributed by atoms with E-state index >= 15 is 0 Å².